The fourth-order valence-electron chi connectivity index (χ4n) is 3.22. The number of aromatic nitrogens is 2. The van der Waals surface area contributed by atoms with Gasteiger partial charge in [0.15, 0.2) is 6.61 Å². The fourth-order valence-corrected chi connectivity index (χ4v) is 3.22. The highest BCUT2D eigenvalue weighted by molar-refractivity contribution is 5.69. The average molecular weight is 372 g/mol. The van der Waals surface area contributed by atoms with Crippen molar-refractivity contribution in [3.63, 3.8) is 0 Å². The molecule has 1 aliphatic rings. The Balaban J connectivity index is 1.84. The number of carboxylic acid groups (broad SMARTS) is 1. The molecule has 0 saturated carbocycles. The highest BCUT2D eigenvalue weighted by Gasteiger charge is 2.27. The zero-order valence-corrected chi connectivity index (χ0v) is 15.2. The molecule has 0 amide bonds. The van der Waals surface area contributed by atoms with Crippen LogP contribution in [-0.4, -0.2) is 64.9 Å². The maximum absolute atomic E-state index is 10.9. The lowest BCUT2D eigenvalue weighted by atomic mass is 10.0. The first-order chi connectivity index (χ1) is 13.1. The van der Waals surface area contributed by atoms with Crippen LogP contribution in [0.15, 0.2) is 36.8 Å². The van der Waals surface area contributed by atoms with Crippen molar-refractivity contribution >= 4 is 5.97 Å². The summed E-state index contributed by atoms with van der Waals surface area (Å²) in [5.74, 6) is -0.462. The number of nitrogens with two attached hydrogens (primary N) is 1. The third-order valence-electron chi connectivity index (χ3n) is 4.66. The number of hydrogen-bond acceptors (Lipinski definition) is 7. The number of nitrogens with zero attached hydrogens (tertiary/aromatic N) is 3. The molecule has 8 nitrogen and oxygen atoms in total. The van der Waals surface area contributed by atoms with Crippen molar-refractivity contribution in [3.05, 3.63) is 42.4 Å². The van der Waals surface area contributed by atoms with Crippen LogP contribution in [0.25, 0.3) is 11.3 Å². The Labute approximate surface area is 157 Å². The Morgan fingerprint density at radius 3 is 2.96 bits per heavy atom. The van der Waals surface area contributed by atoms with Crippen LogP contribution < -0.4 is 10.5 Å². The lowest BCUT2D eigenvalue weighted by Gasteiger charge is -2.36. The molecule has 27 heavy (non-hydrogen) atoms. The van der Waals surface area contributed by atoms with Gasteiger partial charge in [-0.1, -0.05) is 0 Å². The summed E-state index contributed by atoms with van der Waals surface area (Å²) in [7, 11) is 1.67. The number of carbonyl (C=O) groups is 1. The number of hydrogen-bond donors (Lipinski definition) is 2. The molecule has 3 rings (SSSR count). The van der Waals surface area contributed by atoms with Gasteiger partial charge in [0.1, 0.15) is 5.75 Å². The fraction of sp³-hybridized carbons (Fsp3) is 0.421. The van der Waals surface area contributed by atoms with Crippen LogP contribution in [0.4, 0.5) is 0 Å². The molecule has 2 atom stereocenters. The van der Waals surface area contributed by atoms with Gasteiger partial charge in [-0.05, 0) is 24.6 Å². The highest BCUT2D eigenvalue weighted by atomic mass is 16.5. The van der Waals surface area contributed by atoms with E-state index in [2.05, 4.69) is 14.9 Å². The predicted molar refractivity (Wildman–Crippen MR) is 99.3 cm³/mol. The van der Waals surface area contributed by atoms with Gasteiger partial charge in [0.2, 0.25) is 0 Å². The quantitative estimate of drug-likeness (QED) is 0.745. The molecule has 2 aromatic rings. The lowest BCUT2D eigenvalue weighted by molar-refractivity contribution is -0.139. The van der Waals surface area contributed by atoms with E-state index in [1.165, 1.54) is 0 Å². The predicted octanol–water partition coefficient (Wildman–Crippen LogP) is 1.16. The van der Waals surface area contributed by atoms with E-state index in [9.17, 15) is 4.79 Å². The first kappa shape index (κ1) is 19.2. The largest absolute Gasteiger partial charge is 0.482 e. The van der Waals surface area contributed by atoms with Crippen molar-refractivity contribution < 1.29 is 19.4 Å². The first-order valence-corrected chi connectivity index (χ1v) is 8.81. The molecule has 0 aliphatic carbocycles. The molecular weight excluding hydrogens is 348 g/mol. The van der Waals surface area contributed by atoms with E-state index >= 15 is 0 Å². The minimum atomic E-state index is -1.01. The average Bonchev–Trinajstić information content (AvgIpc) is 2.69. The van der Waals surface area contributed by atoms with Crippen molar-refractivity contribution in [1.29, 1.82) is 0 Å². The number of aliphatic carboxylic acids is 1. The van der Waals surface area contributed by atoms with Crippen LogP contribution >= 0.6 is 0 Å². The Morgan fingerprint density at radius 2 is 2.26 bits per heavy atom. The van der Waals surface area contributed by atoms with E-state index in [1.54, 1.807) is 31.8 Å². The second kappa shape index (κ2) is 8.90. The Kier molecular flexibility index (Phi) is 6.33. The molecule has 1 aliphatic heterocycles. The number of benzene rings is 1. The van der Waals surface area contributed by atoms with Crippen molar-refractivity contribution in [2.45, 2.75) is 25.1 Å². The second-order valence-electron chi connectivity index (χ2n) is 6.56. The zero-order chi connectivity index (χ0) is 19.2. The van der Waals surface area contributed by atoms with Gasteiger partial charge in [0.05, 0.1) is 18.0 Å². The Hall–Kier alpha value is -2.55. The van der Waals surface area contributed by atoms with E-state index < -0.39 is 5.97 Å². The molecule has 8 heteroatoms. The van der Waals surface area contributed by atoms with E-state index in [-0.39, 0.29) is 18.8 Å². The van der Waals surface area contributed by atoms with Gasteiger partial charge in [0.25, 0.3) is 0 Å². The van der Waals surface area contributed by atoms with Crippen LogP contribution in [-0.2, 0) is 16.1 Å². The zero-order valence-electron chi connectivity index (χ0n) is 15.2. The summed E-state index contributed by atoms with van der Waals surface area (Å²) < 4.78 is 11.0. The summed E-state index contributed by atoms with van der Waals surface area (Å²) in [6.45, 7) is 1.78. The summed E-state index contributed by atoms with van der Waals surface area (Å²) in [5.41, 5.74) is 8.64. The second-order valence-corrected chi connectivity index (χ2v) is 6.56. The molecule has 0 unspecified atom stereocenters. The van der Waals surface area contributed by atoms with Gasteiger partial charge in [-0.3, -0.25) is 14.9 Å². The lowest BCUT2D eigenvalue weighted by Crippen LogP contribution is -2.51. The molecule has 1 aromatic carbocycles. The maximum atomic E-state index is 10.9. The standard InChI is InChI=1S/C19H24N4O4/c1-26-18-11-23(7-4-15(18)20)10-14-8-13(16-9-21-5-6-22-16)2-3-17(14)27-12-19(24)25/h2-3,5-6,8-9,15,18H,4,7,10-12,20H2,1H3,(H,24,25)/t15-,18+/m0/s1. The summed E-state index contributed by atoms with van der Waals surface area (Å²) in [4.78, 5) is 21.6. The number of rotatable bonds is 7. The van der Waals surface area contributed by atoms with Gasteiger partial charge in [-0.25, -0.2) is 4.79 Å². The van der Waals surface area contributed by atoms with Crippen LogP contribution in [0.2, 0.25) is 0 Å². The van der Waals surface area contributed by atoms with Crippen molar-refractivity contribution in [1.82, 2.24) is 14.9 Å². The van der Waals surface area contributed by atoms with Gasteiger partial charge in [0, 0.05) is 56.3 Å². The summed E-state index contributed by atoms with van der Waals surface area (Å²) >= 11 is 0. The van der Waals surface area contributed by atoms with Gasteiger partial charge < -0.3 is 20.3 Å². The van der Waals surface area contributed by atoms with Crippen LogP contribution in [0.5, 0.6) is 5.75 Å². The molecule has 0 bridgehead atoms. The highest BCUT2D eigenvalue weighted by Crippen LogP contribution is 2.28. The Bertz CT molecular complexity index is 772. The topological polar surface area (TPSA) is 111 Å². The van der Waals surface area contributed by atoms with Crippen molar-refractivity contribution in [2.24, 2.45) is 5.73 Å². The SMILES string of the molecule is CO[C@@H]1CN(Cc2cc(-c3cnccn3)ccc2OCC(=O)O)CC[C@@H]1N. The van der Waals surface area contributed by atoms with E-state index in [0.717, 1.165) is 29.8 Å². The minimum Gasteiger partial charge on any atom is -0.482 e. The van der Waals surface area contributed by atoms with Gasteiger partial charge in [-0.2, -0.15) is 0 Å². The van der Waals surface area contributed by atoms with E-state index in [4.69, 9.17) is 20.3 Å². The summed E-state index contributed by atoms with van der Waals surface area (Å²) in [6, 6.07) is 5.64. The summed E-state index contributed by atoms with van der Waals surface area (Å²) in [6.07, 6.45) is 5.77. The Morgan fingerprint density at radius 1 is 1.41 bits per heavy atom. The number of piperidine rings is 1. The van der Waals surface area contributed by atoms with Crippen molar-refractivity contribution in [3.8, 4) is 17.0 Å². The number of methoxy groups -OCH3 is 1. The van der Waals surface area contributed by atoms with E-state index in [1.807, 2.05) is 12.1 Å². The van der Waals surface area contributed by atoms with Gasteiger partial charge in [-0.15, -0.1) is 0 Å². The van der Waals surface area contributed by atoms with Crippen LogP contribution in [0.3, 0.4) is 0 Å². The first-order valence-electron chi connectivity index (χ1n) is 8.81. The number of carboxylic acids is 1. The molecule has 0 radical (unpaired) electrons. The molecular formula is C19H24N4O4. The molecule has 1 saturated heterocycles. The smallest absolute Gasteiger partial charge is 0.341 e. The van der Waals surface area contributed by atoms with E-state index in [0.29, 0.717) is 18.8 Å². The number of ether oxygens (including phenoxy) is 2. The van der Waals surface area contributed by atoms with Crippen LogP contribution in [0, 0.1) is 0 Å². The minimum absolute atomic E-state index is 0.0229. The molecule has 0 spiro atoms. The molecule has 3 N–H and O–H groups in total. The maximum Gasteiger partial charge on any atom is 0.341 e. The van der Waals surface area contributed by atoms with Crippen molar-refractivity contribution in [2.75, 3.05) is 26.8 Å². The summed E-state index contributed by atoms with van der Waals surface area (Å²) in [5, 5.41) is 8.93. The van der Waals surface area contributed by atoms with Gasteiger partial charge >= 0.3 is 5.97 Å². The third-order valence-corrected chi connectivity index (χ3v) is 4.66. The molecule has 1 fully saturated rings. The number of likely N-dealkylation sites (tertiary alicyclic amines) is 1. The molecule has 2 heterocycles. The normalized spacial score (nSPS) is 20.4. The monoisotopic (exact) mass is 372 g/mol. The molecule has 144 valence electrons. The molecule has 1 aromatic heterocycles. The van der Waals surface area contributed by atoms with Crippen LogP contribution in [0.1, 0.15) is 12.0 Å². The third kappa shape index (κ3) is 5.00.